The van der Waals surface area contributed by atoms with Gasteiger partial charge in [0.15, 0.2) is 6.10 Å². The first-order valence-electron chi connectivity index (χ1n) is 8.24. The van der Waals surface area contributed by atoms with Gasteiger partial charge in [-0.15, -0.1) is 0 Å². The molecule has 1 aromatic heterocycles. The Hall–Kier alpha value is -3.35. The Bertz CT molecular complexity index is 918. The van der Waals surface area contributed by atoms with Crippen LogP contribution in [0.1, 0.15) is 24.2 Å². The molecule has 1 heterocycles. The number of hydrogen-bond acceptors (Lipinski definition) is 5. The fourth-order valence-corrected chi connectivity index (χ4v) is 2.39. The fourth-order valence-electron chi connectivity index (χ4n) is 2.39. The second-order valence-electron chi connectivity index (χ2n) is 5.67. The number of hydrogen-bond donors (Lipinski definition) is 2. The van der Waals surface area contributed by atoms with E-state index in [1.807, 2.05) is 6.92 Å². The molecule has 2 N–H and O–H groups in total. The van der Waals surface area contributed by atoms with Crippen LogP contribution in [0.5, 0.6) is 5.75 Å². The van der Waals surface area contributed by atoms with Crippen LogP contribution in [0.3, 0.4) is 0 Å². The third-order valence-corrected chi connectivity index (χ3v) is 3.76. The molecule has 1 atom stereocenters. The van der Waals surface area contributed by atoms with Gasteiger partial charge in [-0.1, -0.05) is 6.07 Å². The van der Waals surface area contributed by atoms with E-state index in [1.54, 1.807) is 48.7 Å². The number of carbonyl (C=O) groups is 2. The van der Waals surface area contributed by atoms with Gasteiger partial charge >= 0.3 is 5.97 Å². The Morgan fingerprint density at radius 3 is 2.69 bits per heavy atom. The van der Waals surface area contributed by atoms with E-state index in [-0.39, 0.29) is 0 Å². The lowest BCUT2D eigenvalue weighted by Gasteiger charge is -2.14. The number of anilines is 1. The molecule has 3 rings (SSSR count). The number of aromatic amines is 1. The zero-order chi connectivity index (χ0) is 18.5. The number of aromatic nitrogens is 2. The van der Waals surface area contributed by atoms with E-state index in [4.69, 9.17) is 9.47 Å². The van der Waals surface area contributed by atoms with Gasteiger partial charge in [0.2, 0.25) is 0 Å². The lowest BCUT2D eigenvalue weighted by Crippen LogP contribution is -2.30. The summed E-state index contributed by atoms with van der Waals surface area (Å²) in [5.74, 6) is -0.264. The van der Waals surface area contributed by atoms with Gasteiger partial charge in [0, 0.05) is 11.1 Å². The number of amides is 1. The van der Waals surface area contributed by atoms with E-state index >= 15 is 0 Å². The van der Waals surface area contributed by atoms with Crippen LogP contribution < -0.4 is 10.1 Å². The maximum atomic E-state index is 12.2. The van der Waals surface area contributed by atoms with Crippen LogP contribution in [0.4, 0.5) is 5.69 Å². The molecular formula is C19H19N3O4. The minimum absolute atomic E-state index is 0.350. The number of carbonyl (C=O) groups excluding carboxylic acids is 2. The van der Waals surface area contributed by atoms with Crippen LogP contribution in [0.25, 0.3) is 10.9 Å². The molecule has 0 aliphatic carbocycles. The van der Waals surface area contributed by atoms with E-state index in [0.29, 0.717) is 17.9 Å². The first-order valence-corrected chi connectivity index (χ1v) is 8.24. The van der Waals surface area contributed by atoms with Crippen molar-refractivity contribution in [3.05, 3.63) is 54.2 Å². The van der Waals surface area contributed by atoms with Crippen LogP contribution in [0.15, 0.2) is 48.7 Å². The highest BCUT2D eigenvalue weighted by Crippen LogP contribution is 2.17. The van der Waals surface area contributed by atoms with Gasteiger partial charge in [-0.05, 0) is 50.2 Å². The first-order chi connectivity index (χ1) is 12.6. The van der Waals surface area contributed by atoms with Crippen molar-refractivity contribution in [3.8, 4) is 5.75 Å². The molecule has 3 aromatic rings. The number of esters is 1. The molecule has 134 valence electrons. The number of fused-ring (bicyclic) bond motifs is 1. The summed E-state index contributed by atoms with van der Waals surface area (Å²) in [6.07, 6.45) is 0.726. The molecule has 0 bridgehead atoms. The molecule has 0 fully saturated rings. The Balaban J connectivity index is 1.60. The molecule has 26 heavy (non-hydrogen) atoms. The van der Waals surface area contributed by atoms with Crippen molar-refractivity contribution in [2.75, 3.05) is 11.9 Å². The maximum absolute atomic E-state index is 12.2. The molecule has 7 heteroatoms. The maximum Gasteiger partial charge on any atom is 0.338 e. The van der Waals surface area contributed by atoms with Gasteiger partial charge < -0.3 is 14.8 Å². The summed E-state index contributed by atoms with van der Waals surface area (Å²) >= 11 is 0. The van der Waals surface area contributed by atoms with Crippen molar-refractivity contribution in [1.29, 1.82) is 0 Å². The van der Waals surface area contributed by atoms with E-state index < -0.39 is 18.0 Å². The number of H-pyrrole nitrogens is 1. The molecule has 0 saturated carbocycles. The normalized spacial score (nSPS) is 11.8. The molecule has 0 spiro atoms. The van der Waals surface area contributed by atoms with Gasteiger partial charge in [0.25, 0.3) is 5.91 Å². The minimum atomic E-state index is -0.938. The molecule has 1 amide bonds. The van der Waals surface area contributed by atoms with Gasteiger partial charge in [0.1, 0.15) is 5.75 Å². The average molecular weight is 353 g/mol. The largest absolute Gasteiger partial charge is 0.494 e. The van der Waals surface area contributed by atoms with Gasteiger partial charge in [-0.2, -0.15) is 5.10 Å². The topological polar surface area (TPSA) is 93.3 Å². The molecule has 0 unspecified atom stereocenters. The molecule has 0 radical (unpaired) electrons. The summed E-state index contributed by atoms with van der Waals surface area (Å²) in [5.41, 5.74) is 1.67. The number of rotatable bonds is 6. The van der Waals surface area contributed by atoms with Crippen LogP contribution in [-0.4, -0.2) is 34.8 Å². The third-order valence-electron chi connectivity index (χ3n) is 3.76. The van der Waals surface area contributed by atoms with Gasteiger partial charge in [-0.25, -0.2) is 4.79 Å². The monoisotopic (exact) mass is 353 g/mol. The van der Waals surface area contributed by atoms with E-state index in [1.165, 1.54) is 6.92 Å². The van der Waals surface area contributed by atoms with Crippen molar-refractivity contribution in [2.24, 2.45) is 0 Å². The summed E-state index contributed by atoms with van der Waals surface area (Å²) < 4.78 is 10.6. The van der Waals surface area contributed by atoms with Crippen molar-refractivity contribution in [2.45, 2.75) is 20.0 Å². The van der Waals surface area contributed by atoms with Crippen LogP contribution in [0, 0.1) is 0 Å². The SMILES string of the molecule is CCOc1ccc(NC(=O)[C@H](C)OC(=O)c2ccc3cn[nH]c3c2)cc1. The summed E-state index contributed by atoms with van der Waals surface area (Å²) in [5, 5.41) is 10.3. The molecule has 0 aliphatic rings. The van der Waals surface area contributed by atoms with Crippen molar-refractivity contribution >= 4 is 28.5 Å². The Morgan fingerprint density at radius 2 is 1.96 bits per heavy atom. The molecule has 0 saturated heterocycles. The Morgan fingerprint density at radius 1 is 1.19 bits per heavy atom. The van der Waals surface area contributed by atoms with E-state index in [9.17, 15) is 9.59 Å². The standard InChI is InChI=1S/C19H19N3O4/c1-3-25-16-8-6-15(7-9-16)21-18(23)12(2)26-19(24)13-4-5-14-11-20-22-17(14)10-13/h4-12H,3H2,1-2H3,(H,20,22)(H,21,23)/t12-/m0/s1. The number of nitrogens with one attached hydrogen (secondary N) is 2. The highest BCUT2D eigenvalue weighted by molar-refractivity contribution is 5.98. The van der Waals surface area contributed by atoms with E-state index in [0.717, 1.165) is 16.7 Å². The lowest BCUT2D eigenvalue weighted by atomic mass is 10.2. The Kier molecular flexibility index (Phi) is 5.17. The summed E-state index contributed by atoms with van der Waals surface area (Å²) in [4.78, 5) is 24.5. The highest BCUT2D eigenvalue weighted by Gasteiger charge is 2.19. The van der Waals surface area contributed by atoms with Gasteiger partial charge in [0.05, 0.1) is 23.9 Å². The summed E-state index contributed by atoms with van der Waals surface area (Å²) in [6.45, 7) is 4.00. The lowest BCUT2D eigenvalue weighted by molar-refractivity contribution is -0.123. The van der Waals surface area contributed by atoms with Crippen LogP contribution in [0.2, 0.25) is 0 Å². The molecular weight excluding hydrogens is 334 g/mol. The number of ether oxygens (including phenoxy) is 2. The zero-order valence-corrected chi connectivity index (χ0v) is 14.5. The molecule has 7 nitrogen and oxygen atoms in total. The smallest absolute Gasteiger partial charge is 0.338 e. The van der Waals surface area contributed by atoms with Crippen LogP contribution >= 0.6 is 0 Å². The quantitative estimate of drug-likeness (QED) is 0.664. The molecule has 2 aromatic carbocycles. The summed E-state index contributed by atoms with van der Waals surface area (Å²) in [7, 11) is 0. The van der Waals surface area contributed by atoms with E-state index in [2.05, 4.69) is 15.5 Å². The zero-order valence-electron chi connectivity index (χ0n) is 14.5. The van der Waals surface area contributed by atoms with Crippen molar-refractivity contribution in [3.63, 3.8) is 0 Å². The second-order valence-corrected chi connectivity index (χ2v) is 5.67. The third kappa shape index (κ3) is 4.00. The predicted octanol–water partition coefficient (Wildman–Crippen LogP) is 3.15. The van der Waals surface area contributed by atoms with Crippen molar-refractivity contribution < 1.29 is 19.1 Å². The average Bonchev–Trinajstić information content (AvgIpc) is 3.11. The number of benzene rings is 2. The van der Waals surface area contributed by atoms with Gasteiger partial charge in [-0.3, -0.25) is 9.89 Å². The predicted molar refractivity (Wildman–Crippen MR) is 97.2 cm³/mol. The Labute approximate surface area is 150 Å². The van der Waals surface area contributed by atoms with Crippen LogP contribution in [-0.2, 0) is 9.53 Å². The first kappa shape index (κ1) is 17.5. The second kappa shape index (κ2) is 7.69. The number of nitrogens with zero attached hydrogens (tertiary/aromatic N) is 1. The molecule has 0 aliphatic heterocycles. The summed E-state index contributed by atoms with van der Waals surface area (Å²) in [6, 6.07) is 12.0. The minimum Gasteiger partial charge on any atom is -0.494 e. The highest BCUT2D eigenvalue weighted by atomic mass is 16.5. The van der Waals surface area contributed by atoms with Crippen molar-refractivity contribution in [1.82, 2.24) is 10.2 Å². The fraction of sp³-hybridized carbons (Fsp3) is 0.211.